The second kappa shape index (κ2) is 7.20. The number of carbonyl (C=O) groups is 1. The molecule has 0 radical (unpaired) electrons. The summed E-state index contributed by atoms with van der Waals surface area (Å²) < 4.78 is 30.5. The first-order chi connectivity index (χ1) is 8.97. The maximum absolute atomic E-state index is 13.6. The predicted molar refractivity (Wildman–Crippen MR) is 71.6 cm³/mol. The van der Waals surface area contributed by atoms with Crippen LogP contribution in [0.1, 0.15) is 6.92 Å². The zero-order valence-corrected chi connectivity index (χ0v) is 11.6. The first-order valence-corrected chi connectivity index (χ1v) is 6.91. The minimum absolute atomic E-state index is 0.0245. The van der Waals surface area contributed by atoms with Gasteiger partial charge in [0.2, 0.25) is 5.91 Å². The molecular weight excluding hydrogens is 271 g/mol. The van der Waals surface area contributed by atoms with Gasteiger partial charge in [-0.05, 0) is 25.1 Å². The molecule has 1 amide bonds. The van der Waals surface area contributed by atoms with Gasteiger partial charge < -0.3 is 15.8 Å². The van der Waals surface area contributed by atoms with Crippen molar-refractivity contribution >= 4 is 22.4 Å². The van der Waals surface area contributed by atoms with E-state index in [4.69, 9.17) is 10.5 Å². The van der Waals surface area contributed by atoms with Crippen molar-refractivity contribution < 1.29 is 18.1 Å². The molecule has 2 atom stereocenters. The summed E-state index contributed by atoms with van der Waals surface area (Å²) in [5, 5.41) is 1.71. The minimum Gasteiger partial charge on any atom is -0.399 e. The highest BCUT2D eigenvalue weighted by Gasteiger charge is 2.23. The molecular formula is C12H17FN2O3S. The Kier molecular flexibility index (Phi) is 5.91. The van der Waals surface area contributed by atoms with Gasteiger partial charge in [0.15, 0.2) is 0 Å². The topological polar surface area (TPSA) is 81.4 Å². The number of ether oxygens (including phenoxy) is 1. The van der Waals surface area contributed by atoms with Crippen LogP contribution in [0.5, 0.6) is 0 Å². The molecule has 0 heterocycles. The first kappa shape index (κ1) is 15.6. The number of nitrogens with one attached hydrogen (secondary N) is 1. The Morgan fingerprint density at radius 3 is 2.84 bits per heavy atom. The summed E-state index contributed by atoms with van der Waals surface area (Å²) >= 11 is 0. The lowest BCUT2D eigenvalue weighted by molar-refractivity contribution is -0.120. The van der Waals surface area contributed by atoms with E-state index in [2.05, 4.69) is 5.32 Å². The van der Waals surface area contributed by atoms with Crippen LogP contribution in [0.2, 0.25) is 0 Å². The zero-order chi connectivity index (χ0) is 14.4. The Balaban J connectivity index is 2.73. The lowest BCUT2D eigenvalue weighted by Gasteiger charge is -2.12. The maximum Gasteiger partial charge on any atom is 0.235 e. The van der Waals surface area contributed by atoms with E-state index in [1.807, 2.05) is 0 Å². The van der Waals surface area contributed by atoms with Crippen LogP contribution in [0.25, 0.3) is 0 Å². The molecule has 1 aromatic rings. The van der Waals surface area contributed by atoms with Gasteiger partial charge in [-0.2, -0.15) is 0 Å². The lowest BCUT2D eigenvalue weighted by Crippen LogP contribution is -2.37. The number of nitrogen functional groups attached to an aromatic ring is 1. The molecule has 3 N–H and O–H groups in total. The SMILES string of the molecule is COCCNC(=O)C(C)S(=O)c1ccc(N)cc1F. The van der Waals surface area contributed by atoms with Crippen molar-refractivity contribution in [1.82, 2.24) is 5.32 Å². The fraction of sp³-hybridized carbons (Fsp3) is 0.417. The van der Waals surface area contributed by atoms with Gasteiger partial charge in [-0.25, -0.2) is 4.39 Å². The molecule has 19 heavy (non-hydrogen) atoms. The third-order valence-electron chi connectivity index (χ3n) is 2.47. The maximum atomic E-state index is 13.6. The van der Waals surface area contributed by atoms with Gasteiger partial charge in [0.05, 0.1) is 22.3 Å². The number of benzene rings is 1. The molecule has 1 rings (SSSR count). The molecule has 106 valence electrons. The Labute approximate surface area is 113 Å². The van der Waals surface area contributed by atoms with E-state index < -0.39 is 27.8 Å². The summed E-state index contributed by atoms with van der Waals surface area (Å²) in [5.41, 5.74) is 5.66. The quantitative estimate of drug-likeness (QED) is 0.595. The third kappa shape index (κ3) is 4.29. The normalized spacial score (nSPS) is 13.8. The number of nitrogens with two attached hydrogens (primary N) is 1. The third-order valence-corrected chi connectivity index (χ3v) is 4.09. The molecule has 1 aromatic carbocycles. The molecule has 0 aliphatic carbocycles. The Hall–Kier alpha value is -1.47. The van der Waals surface area contributed by atoms with Gasteiger partial charge in [-0.3, -0.25) is 9.00 Å². The summed E-state index contributed by atoms with van der Waals surface area (Å²) in [5.74, 6) is -1.08. The second-order valence-electron chi connectivity index (χ2n) is 3.91. The summed E-state index contributed by atoms with van der Waals surface area (Å²) in [6.07, 6.45) is 0. The highest BCUT2D eigenvalue weighted by molar-refractivity contribution is 7.86. The summed E-state index contributed by atoms with van der Waals surface area (Å²) in [6, 6.07) is 3.87. The molecule has 0 spiro atoms. The van der Waals surface area contributed by atoms with E-state index in [9.17, 15) is 13.4 Å². The number of carbonyl (C=O) groups excluding carboxylic acids is 1. The molecule has 5 nitrogen and oxygen atoms in total. The van der Waals surface area contributed by atoms with Gasteiger partial charge >= 0.3 is 0 Å². The van der Waals surface area contributed by atoms with Crippen LogP contribution >= 0.6 is 0 Å². The van der Waals surface area contributed by atoms with Crippen LogP contribution in [0.15, 0.2) is 23.1 Å². The van der Waals surface area contributed by atoms with E-state index in [0.29, 0.717) is 13.2 Å². The lowest BCUT2D eigenvalue weighted by atomic mass is 10.3. The van der Waals surface area contributed by atoms with E-state index in [-0.39, 0.29) is 10.6 Å². The standard InChI is InChI=1S/C12H17FN2O3S/c1-8(12(16)15-5-6-18-2)19(17)11-4-3-9(14)7-10(11)13/h3-4,7-8H,5-6,14H2,1-2H3,(H,15,16). The number of amides is 1. The fourth-order valence-corrected chi connectivity index (χ4v) is 2.50. The average Bonchev–Trinajstić information content (AvgIpc) is 2.37. The number of halogens is 1. The highest BCUT2D eigenvalue weighted by atomic mass is 32.2. The molecule has 2 unspecified atom stereocenters. The fourth-order valence-electron chi connectivity index (χ4n) is 1.39. The van der Waals surface area contributed by atoms with Crippen LogP contribution in [-0.2, 0) is 20.3 Å². The summed E-state index contributed by atoms with van der Waals surface area (Å²) in [4.78, 5) is 11.7. The van der Waals surface area contributed by atoms with Crippen LogP contribution in [-0.4, -0.2) is 35.6 Å². The van der Waals surface area contributed by atoms with Crippen molar-refractivity contribution in [3.05, 3.63) is 24.0 Å². The molecule has 0 fully saturated rings. The summed E-state index contributed by atoms with van der Waals surface area (Å²) in [6.45, 7) is 2.16. The van der Waals surface area contributed by atoms with E-state index in [1.165, 1.54) is 26.2 Å². The van der Waals surface area contributed by atoms with Crippen LogP contribution in [0.3, 0.4) is 0 Å². The van der Waals surface area contributed by atoms with Crippen molar-refractivity contribution in [2.45, 2.75) is 17.1 Å². The number of methoxy groups -OCH3 is 1. The Morgan fingerprint density at radius 2 is 2.26 bits per heavy atom. The van der Waals surface area contributed by atoms with Gasteiger partial charge in [0, 0.05) is 19.3 Å². The van der Waals surface area contributed by atoms with Crippen molar-refractivity contribution in [1.29, 1.82) is 0 Å². The van der Waals surface area contributed by atoms with Gasteiger partial charge in [-0.1, -0.05) is 0 Å². The predicted octanol–water partition coefficient (Wildman–Crippen LogP) is 0.667. The molecule has 0 saturated carbocycles. The number of hydrogen-bond acceptors (Lipinski definition) is 4. The molecule has 0 bridgehead atoms. The van der Waals surface area contributed by atoms with Crippen molar-refractivity contribution in [3.63, 3.8) is 0 Å². The average molecular weight is 288 g/mol. The van der Waals surface area contributed by atoms with Crippen LogP contribution < -0.4 is 11.1 Å². The number of hydrogen-bond donors (Lipinski definition) is 2. The second-order valence-corrected chi connectivity index (χ2v) is 5.66. The molecule has 0 aliphatic rings. The zero-order valence-electron chi connectivity index (χ0n) is 10.8. The molecule has 0 aromatic heterocycles. The van der Waals surface area contributed by atoms with E-state index in [0.717, 1.165) is 6.07 Å². The largest absolute Gasteiger partial charge is 0.399 e. The van der Waals surface area contributed by atoms with Gasteiger partial charge in [0.25, 0.3) is 0 Å². The molecule has 0 saturated heterocycles. The molecule has 7 heteroatoms. The van der Waals surface area contributed by atoms with E-state index >= 15 is 0 Å². The highest BCUT2D eigenvalue weighted by Crippen LogP contribution is 2.18. The monoisotopic (exact) mass is 288 g/mol. The first-order valence-electron chi connectivity index (χ1n) is 5.69. The van der Waals surface area contributed by atoms with E-state index in [1.54, 1.807) is 0 Å². The van der Waals surface area contributed by atoms with Gasteiger partial charge in [-0.15, -0.1) is 0 Å². The van der Waals surface area contributed by atoms with Crippen molar-refractivity contribution in [2.24, 2.45) is 0 Å². The van der Waals surface area contributed by atoms with Crippen LogP contribution in [0.4, 0.5) is 10.1 Å². The van der Waals surface area contributed by atoms with Crippen molar-refractivity contribution in [2.75, 3.05) is 26.0 Å². The van der Waals surface area contributed by atoms with Gasteiger partial charge in [0.1, 0.15) is 11.1 Å². The Morgan fingerprint density at radius 1 is 1.58 bits per heavy atom. The summed E-state index contributed by atoms with van der Waals surface area (Å²) in [7, 11) is -0.256. The number of anilines is 1. The van der Waals surface area contributed by atoms with Crippen LogP contribution in [0, 0.1) is 5.82 Å². The number of rotatable bonds is 6. The smallest absolute Gasteiger partial charge is 0.235 e. The molecule has 0 aliphatic heterocycles. The van der Waals surface area contributed by atoms with Crippen molar-refractivity contribution in [3.8, 4) is 0 Å². The minimum atomic E-state index is -1.77. The Bertz CT molecular complexity index is 482.